The van der Waals surface area contributed by atoms with Gasteiger partial charge in [0.05, 0.1) is 12.5 Å². The number of esters is 1. The second-order valence-corrected chi connectivity index (χ2v) is 4.82. The second-order valence-electron chi connectivity index (χ2n) is 4.82. The maximum Gasteiger partial charge on any atom is 0.311 e. The van der Waals surface area contributed by atoms with Crippen LogP contribution in [0.3, 0.4) is 0 Å². The van der Waals surface area contributed by atoms with Crippen molar-refractivity contribution in [2.45, 2.75) is 52.0 Å². The monoisotopic (exact) mass is 255 g/mol. The molecule has 1 amide bonds. The molecule has 0 aromatic rings. The molecule has 1 rings (SSSR count). The highest BCUT2D eigenvalue weighted by molar-refractivity contribution is 5.98. The second kappa shape index (κ2) is 5.98. The molecule has 102 valence electrons. The van der Waals surface area contributed by atoms with Crippen LogP contribution in [0.25, 0.3) is 0 Å². The predicted molar refractivity (Wildman–Crippen MR) is 65.8 cm³/mol. The lowest BCUT2D eigenvalue weighted by atomic mass is 9.82. The van der Waals surface area contributed by atoms with Gasteiger partial charge in [0, 0.05) is 13.3 Å². The molecule has 0 bridgehead atoms. The first-order chi connectivity index (χ1) is 8.44. The summed E-state index contributed by atoms with van der Waals surface area (Å²) < 4.78 is 5.08. The standard InChI is InChI=1S/C13H21NO4/c1-4-8-18-12(17)9(2)13(14-10(3)15)7-5-6-11(13)16/h9H,4-8H2,1-3H3,(H,14,15). The van der Waals surface area contributed by atoms with Gasteiger partial charge in [-0.05, 0) is 26.2 Å². The molecule has 0 heterocycles. The molecule has 5 heteroatoms. The zero-order valence-corrected chi connectivity index (χ0v) is 11.2. The maximum atomic E-state index is 12.0. The fourth-order valence-corrected chi connectivity index (χ4v) is 2.43. The van der Waals surface area contributed by atoms with Crippen molar-refractivity contribution in [2.24, 2.45) is 5.92 Å². The summed E-state index contributed by atoms with van der Waals surface area (Å²) in [7, 11) is 0. The van der Waals surface area contributed by atoms with E-state index >= 15 is 0 Å². The van der Waals surface area contributed by atoms with E-state index < -0.39 is 17.4 Å². The number of Topliss-reactive ketones (excluding diaryl/α,β-unsaturated/α-hetero) is 1. The van der Waals surface area contributed by atoms with Crippen molar-refractivity contribution in [1.82, 2.24) is 5.32 Å². The summed E-state index contributed by atoms with van der Waals surface area (Å²) >= 11 is 0. The fourth-order valence-electron chi connectivity index (χ4n) is 2.43. The van der Waals surface area contributed by atoms with Crippen molar-refractivity contribution < 1.29 is 19.1 Å². The number of ether oxygens (including phenoxy) is 1. The van der Waals surface area contributed by atoms with Gasteiger partial charge in [-0.3, -0.25) is 14.4 Å². The molecule has 0 spiro atoms. The first kappa shape index (κ1) is 14.7. The molecule has 2 atom stereocenters. The van der Waals surface area contributed by atoms with Gasteiger partial charge in [-0.1, -0.05) is 6.92 Å². The summed E-state index contributed by atoms with van der Waals surface area (Å²) in [6.07, 6.45) is 2.35. The molecule has 0 aromatic heterocycles. The number of hydrogen-bond donors (Lipinski definition) is 1. The quantitative estimate of drug-likeness (QED) is 0.749. The number of ketones is 1. The highest BCUT2D eigenvalue weighted by atomic mass is 16.5. The van der Waals surface area contributed by atoms with Crippen LogP contribution in [0.4, 0.5) is 0 Å². The van der Waals surface area contributed by atoms with Gasteiger partial charge in [0.25, 0.3) is 0 Å². The minimum absolute atomic E-state index is 0.0707. The number of carbonyl (C=O) groups is 3. The Labute approximate surface area is 107 Å². The van der Waals surface area contributed by atoms with Crippen LogP contribution < -0.4 is 5.32 Å². The largest absolute Gasteiger partial charge is 0.465 e. The molecule has 1 aliphatic carbocycles. The molecule has 1 N–H and O–H groups in total. The summed E-state index contributed by atoms with van der Waals surface area (Å²) in [6, 6.07) is 0. The van der Waals surface area contributed by atoms with Crippen LogP contribution in [0, 0.1) is 5.92 Å². The number of amides is 1. The van der Waals surface area contributed by atoms with E-state index in [4.69, 9.17) is 4.74 Å². The van der Waals surface area contributed by atoms with Crippen LogP contribution in [0.5, 0.6) is 0 Å². The van der Waals surface area contributed by atoms with E-state index in [1.807, 2.05) is 6.92 Å². The van der Waals surface area contributed by atoms with E-state index in [2.05, 4.69) is 5.32 Å². The van der Waals surface area contributed by atoms with Gasteiger partial charge >= 0.3 is 5.97 Å². The third kappa shape index (κ3) is 2.89. The molecule has 1 aliphatic rings. The lowest BCUT2D eigenvalue weighted by molar-refractivity contribution is -0.154. The van der Waals surface area contributed by atoms with Gasteiger partial charge in [0.1, 0.15) is 5.54 Å². The Balaban J connectivity index is 2.86. The SMILES string of the molecule is CCCOC(=O)C(C)C1(NC(C)=O)CCCC1=O. The topological polar surface area (TPSA) is 72.5 Å². The Morgan fingerprint density at radius 3 is 2.61 bits per heavy atom. The number of nitrogens with one attached hydrogen (secondary N) is 1. The molecule has 0 saturated heterocycles. The van der Waals surface area contributed by atoms with Crippen molar-refractivity contribution in [3.8, 4) is 0 Å². The van der Waals surface area contributed by atoms with Gasteiger partial charge in [-0.2, -0.15) is 0 Å². The van der Waals surface area contributed by atoms with E-state index in [1.165, 1.54) is 6.92 Å². The molecule has 2 unspecified atom stereocenters. The summed E-state index contributed by atoms with van der Waals surface area (Å²) in [5, 5.41) is 2.67. The summed E-state index contributed by atoms with van der Waals surface area (Å²) in [6.45, 7) is 5.25. The molecular weight excluding hydrogens is 234 g/mol. The maximum absolute atomic E-state index is 12.0. The van der Waals surface area contributed by atoms with E-state index in [9.17, 15) is 14.4 Å². The van der Waals surface area contributed by atoms with Crippen molar-refractivity contribution in [1.29, 1.82) is 0 Å². The van der Waals surface area contributed by atoms with Gasteiger partial charge in [-0.25, -0.2) is 0 Å². The van der Waals surface area contributed by atoms with Crippen molar-refractivity contribution in [3.63, 3.8) is 0 Å². The number of carbonyl (C=O) groups excluding carboxylic acids is 3. The Bertz CT molecular complexity index is 353. The van der Waals surface area contributed by atoms with E-state index in [0.29, 0.717) is 25.9 Å². The number of rotatable bonds is 5. The van der Waals surface area contributed by atoms with Crippen LogP contribution >= 0.6 is 0 Å². The van der Waals surface area contributed by atoms with Gasteiger partial charge in [0.2, 0.25) is 5.91 Å². The van der Waals surface area contributed by atoms with Gasteiger partial charge < -0.3 is 10.1 Å². The van der Waals surface area contributed by atoms with Crippen molar-refractivity contribution in [3.05, 3.63) is 0 Å². The van der Waals surface area contributed by atoms with Crippen LogP contribution in [0.15, 0.2) is 0 Å². The average molecular weight is 255 g/mol. The smallest absolute Gasteiger partial charge is 0.311 e. The highest BCUT2D eigenvalue weighted by Gasteiger charge is 2.50. The minimum Gasteiger partial charge on any atom is -0.465 e. The Morgan fingerprint density at radius 2 is 2.17 bits per heavy atom. The van der Waals surface area contributed by atoms with Crippen LogP contribution in [-0.4, -0.2) is 29.8 Å². The van der Waals surface area contributed by atoms with E-state index in [1.54, 1.807) is 6.92 Å². The fraction of sp³-hybridized carbons (Fsp3) is 0.769. The zero-order chi connectivity index (χ0) is 13.8. The van der Waals surface area contributed by atoms with Crippen LogP contribution in [-0.2, 0) is 19.1 Å². The molecule has 0 radical (unpaired) electrons. The normalized spacial score (nSPS) is 24.7. The number of hydrogen-bond acceptors (Lipinski definition) is 4. The molecular formula is C13H21NO4. The van der Waals surface area contributed by atoms with Crippen LogP contribution in [0.2, 0.25) is 0 Å². The van der Waals surface area contributed by atoms with Crippen molar-refractivity contribution >= 4 is 17.7 Å². The average Bonchev–Trinajstić information content (AvgIpc) is 2.67. The van der Waals surface area contributed by atoms with Crippen molar-refractivity contribution in [2.75, 3.05) is 6.61 Å². The molecule has 1 fully saturated rings. The minimum atomic E-state index is -1.06. The first-order valence-electron chi connectivity index (χ1n) is 6.42. The lowest BCUT2D eigenvalue weighted by Crippen LogP contribution is -2.57. The Kier molecular flexibility index (Phi) is 4.87. The summed E-state index contributed by atoms with van der Waals surface area (Å²) in [5.74, 6) is -1.41. The summed E-state index contributed by atoms with van der Waals surface area (Å²) in [5.41, 5.74) is -1.06. The molecule has 0 aliphatic heterocycles. The molecule has 0 aromatic carbocycles. The molecule has 18 heavy (non-hydrogen) atoms. The van der Waals surface area contributed by atoms with Gasteiger partial charge in [-0.15, -0.1) is 0 Å². The lowest BCUT2D eigenvalue weighted by Gasteiger charge is -2.33. The molecule has 5 nitrogen and oxygen atoms in total. The van der Waals surface area contributed by atoms with E-state index in [-0.39, 0.29) is 11.7 Å². The zero-order valence-electron chi connectivity index (χ0n) is 11.2. The molecule has 1 saturated carbocycles. The van der Waals surface area contributed by atoms with Gasteiger partial charge in [0.15, 0.2) is 5.78 Å². The third-order valence-corrected chi connectivity index (χ3v) is 3.41. The van der Waals surface area contributed by atoms with E-state index in [0.717, 1.165) is 6.42 Å². The summed E-state index contributed by atoms with van der Waals surface area (Å²) in [4.78, 5) is 35.2. The Hall–Kier alpha value is -1.39. The highest BCUT2D eigenvalue weighted by Crippen LogP contribution is 2.33. The third-order valence-electron chi connectivity index (χ3n) is 3.41. The van der Waals surface area contributed by atoms with Crippen LogP contribution in [0.1, 0.15) is 46.5 Å². The Morgan fingerprint density at radius 1 is 1.50 bits per heavy atom. The first-order valence-corrected chi connectivity index (χ1v) is 6.42. The predicted octanol–water partition coefficient (Wildman–Crippen LogP) is 1.20.